The molecule has 1 aromatic rings. The molecule has 0 spiro atoms. The third kappa shape index (κ3) is 10.4. The second-order valence-electron chi connectivity index (χ2n) is 8.28. The number of aryl methyl sites for hydroxylation is 1. The van der Waals surface area contributed by atoms with Gasteiger partial charge in [0, 0.05) is 51.9 Å². The minimum atomic E-state index is 0.591. The number of hydrogen-bond donors (Lipinski definition) is 2. The molecule has 0 radical (unpaired) electrons. The summed E-state index contributed by atoms with van der Waals surface area (Å²) in [5.74, 6) is 1.78. The fourth-order valence-corrected chi connectivity index (χ4v) is 3.65. The quantitative estimate of drug-likeness (QED) is 0.300. The lowest BCUT2D eigenvalue weighted by atomic mass is 10.1. The summed E-state index contributed by atoms with van der Waals surface area (Å²) in [6, 6.07) is 6.33. The molecule has 1 aromatic carbocycles. The van der Waals surface area contributed by atoms with Gasteiger partial charge in [0.25, 0.3) is 0 Å². The summed E-state index contributed by atoms with van der Waals surface area (Å²) < 4.78 is 11.1. The summed E-state index contributed by atoms with van der Waals surface area (Å²) in [5.41, 5.74) is 2.30. The van der Waals surface area contributed by atoms with Crippen molar-refractivity contribution in [1.82, 2.24) is 20.4 Å². The van der Waals surface area contributed by atoms with Gasteiger partial charge in [0.1, 0.15) is 5.75 Å². The summed E-state index contributed by atoms with van der Waals surface area (Å²) >= 11 is 0. The molecule has 2 rings (SSSR count). The van der Waals surface area contributed by atoms with Gasteiger partial charge >= 0.3 is 0 Å². The van der Waals surface area contributed by atoms with E-state index in [0.717, 1.165) is 49.7 Å². The molecule has 0 saturated carbocycles. The summed E-state index contributed by atoms with van der Waals surface area (Å²) in [5, 5.41) is 6.85. The first-order chi connectivity index (χ1) is 15.1. The van der Waals surface area contributed by atoms with Crippen LogP contribution >= 0.6 is 0 Å². The van der Waals surface area contributed by atoms with E-state index in [1.165, 1.54) is 38.2 Å². The van der Waals surface area contributed by atoms with Crippen molar-refractivity contribution >= 4 is 5.96 Å². The number of nitrogens with one attached hydrogen (secondary N) is 2. The van der Waals surface area contributed by atoms with Crippen molar-refractivity contribution in [2.75, 3.05) is 73.2 Å². The van der Waals surface area contributed by atoms with Gasteiger partial charge in [0.05, 0.1) is 13.2 Å². The Morgan fingerprint density at radius 1 is 1.10 bits per heavy atom. The van der Waals surface area contributed by atoms with Crippen LogP contribution in [0.3, 0.4) is 0 Å². The molecule has 176 valence electrons. The Labute approximate surface area is 189 Å². The maximum absolute atomic E-state index is 6.00. The highest BCUT2D eigenvalue weighted by Gasteiger charge is 2.11. The van der Waals surface area contributed by atoms with Crippen molar-refractivity contribution < 1.29 is 9.47 Å². The van der Waals surface area contributed by atoms with Crippen LogP contribution in [0.1, 0.15) is 37.3 Å². The molecule has 1 aliphatic rings. The second-order valence-corrected chi connectivity index (χ2v) is 8.28. The number of methoxy groups -OCH3 is 1. The molecule has 0 atom stereocenters. The molecule has 1 aliphatic heterocycles. The van der Waals surface area contributed by atoms with Crippen LogP contribution in [0.4, 0.5) is 0 Å². The molecule has 1 fully saturated rings. The standard InChI is InChI=1S/C24H43N5O2/c1-5-25-24(26-11-6-13-29-14-7-12-28(3)15-16-29)27-20-22-10-9-21(2)19-23(22)31-18-8-17-30-4/h9-10,19H,5-8,11-18,20H2,1-4H3,(H2,25,26,27). The zero-order valence-electron chi connectivity index (χ0n) is 20.1. The lowest BCUT2D eigenvalue weighted by Crippen LogP contribution is -2.39. The Morgan fingerprint density at radius 3 is 2.77 bits per heavy atom. The molecule has 7 nitrogen and oxygen atoms in total. The lowest BCUT2D eigenvalue weighted by molar-refractivity contribution is 0.172. The van der Waals surface area contributed by atoms with Gasteiger partial charge in [-0.1, -0.05) is 12.1 Å². The first-order valence-electron chi connectivity index (χ1n) is 11.8. The highest BCUT2D eigenvalue weighted by atomic mass is 16.5. The van der Waals surface area contributed by atoms with Gasteiger partial charge in [-0.05, 0) is 65.0 Å². The van der Waals surface area contributed by atoms with Gasteiger partial charge in [-0.25, -0.2) is 4.99 Å². The Morgan fingerprint density at radius 2 is 1.97 bits per heavy atom. The van der Waals surface area contributed by atoms with Crippen molar-refractivity contribution in [2.24, 2.45) is 4.99 Å². The van der Waals surface area contributed by atoms with Crippen LogP contribution in [0.15, 0.2) is 23.2 Å². The van der Waals surface area contributed by atoms with E-state index in [9.17, 15) is 0 Å². The molecule has 7 heteroatoms. The van der Waals surface area contributed by atoms with Gasteiger partial charge in [-0.3, -0.25) is 0 Å². The minimum Gasteiger partial charge on any atom is -0.493 e. The van der Waals surface area contributed by atoms with Gasteiger partial charge in [-0.2, -0.15) is 0 Å². The van der Waals surface area contributed by atoms with Crippen molar-refractivity contribution in [2.45, 2.75) is 39.7 Å². The summed E-state index contributed by atoms with van der Waals surface area (Å²) in [6.45, 7) is 13.8. The van der Waals surface area contributed by atoms with Crippen molar-refractivity contribution in [1.29, 1.82) is 0 Å². The molecule has 0 bridgehead atoms. The highest BCUT2D eigenvalue weighted by molar-refractivity contribution is 5.79. The van der Waals surface area contributed by atoms with Crippen LogP contribution in [0.5, 0.6) is 5.75 Å². The molecule has 0 unspecified atom stereocenters. The third-order valence-electron chi connectivity index (χ3n) is 5.48. The Balaban J connectivity index is 1.83. The fraction of sp³-hybridized carbons (Fsp3) is 0.708. The first-order valence-corrected chi connectivity index (χ1v) is 11.8. The van der Waals surface area contributed by atoms with Crippen LogP contribution in [0.25, 0.3) is 0 Å². The number of aliphatic imine (C=N–C) groups is 1. The van der Waals surface area contributed by atoms with Crippen molar-refractivity contribution in [3.05, 3.63) is 29.3 Å². The van der Waals surface area contributed by atoms with Crippen molar-refractivity contribution in [3.8, 4) is 5.75 Å². The molecular formula is C24H43N5O2. The van der Waals surface area contributed by atoms with Crippen molar-refractivity contribution in [3.63, 3.8) is 0 Å². The van der Waals surface area contributed by atoms with Crippen LogP contribution in [-0.4, -0.2) is 88.9 Å². The predicted octanol–water partition coefficient (Wildman–Crippen LogP) is 2.49. The van der Waals surface area contributed by atoms with Gasteiger partial charge in [-0.15, -0.1) is 0 Å². The largest absolute Gasteiger partial charge is 0.493 e. The molecule has 1 saturated heterocycles. The van der Waals surface area contributed by atoms with Crippen LogP contribution < -0.4 is 15.4 Å². The molecule has 2 N–H and O–H groups in total. The maximum atomic E-state index is 6.00. The van der Waals surface area contributed by atoms with E-state index in [1.807, 2.05) is 0 Å². The Hall–Kier alpha value is -1.83. The van der Waals surface area contributed by atoms with Gasteiger partial charge in [0.2, 0.25) is 0 Å². The number of likely N-dealkylation sites (N-methyl/N-ethyl adjacent to an activating group) is 1. The molecule has 31 heavy (non-hydrogen) atoms. The van der Waals surface area contributed by atoms with E-state index >= 15 is 0 Å². The molecule has 0 amide bonds. The highest BCUT2D eigenvalue weighted by Crippen LogP contribution is 2.21. The SMILES string of the molecule is CCNC(=NCc1ccc(C)cc1OCCCOC)NCCCN1CCCN(C)CC1. The number of nitrogens with zero attached hydrogens (tertiary/aromatic N) is 3. The lowest BCUT2D eigenvalue weighted by Gasteiger charge is -2.20. The average Bonchev–Trinajstić information content (AvgIpc) is 2.97. The normalized spacial score (nSPS) is 16.2. The van der Waals surface area contributed by atoms with Gasteiger partial charge < -0.3 is 29.9 Å². The molecule has 0 aliphatic carbocycles. The van der Waals surface area contributed by atoms with Crippen LogP contribution in [-0.2, 0) is 11.3 Å². The number of rotatable bonds is 12. The Bertz CT molecular complexity index is 653. The fourth-order valence-electron chi connectivity index (χ4n) is 3.65. The van der Waals surface area contributed by atoms with E-state index in [-0.39, 0.29) is 0 Å². The Kier molecular flexibility index (Phi) is 12.3. The smallest absolute Gasteiger partial charge is 0.191 e. The zero-order valence-corrected chi connectivity index (χ0v) is 20.1. The number of benzene rings is 1. The third-order valence-corrected chi connectivity index (χ3v) is 5.48. The number of hydrogen-bond acceptors (Lipinski definition) is 5. The number of ether oxygens (including phenoxy) is 2. The van der Waals surface area contributed by atoms with Crippen LogP contribution in [0, 0.1) is 6.92 Å². The monoisotopic (exact) mass is 433 g/mol. The zero-order chi connectivity index (χ0) is 22.3. The average molecular weight is 434 g/mol. The van der Waals surface area contributed by atoms with Crippen LogP contribution in [0.2, 0.25) is 0 Å². The van der Waals surface area contributed by atoms with E-state index in [2.05, 4.69) is 59.5 Å². The van der Waals surface area contributed by atoms with E-state index < -0.39 is 0 Å². The minimum absolute atomic E-state index is 0.591. The number of guanidine groups is 1. The molecular weight excluding hydrogens is 390 g/mol. The molecule has 1 heterocycles. The predicted molar refractivity (Wildman–Crippen MR) is 129 cm³/mol. The van der Waals surface area contributed by atoms with Gasteiger partial charge in [0.15, 0.2) is 5.96 Å². The molecule has 0 aromatic heterocycles. The van der Waals surface area contributed by atoms with E-state index in [4.69, 9.17) is 14.5 Å². The second kappa shape index (κ2) is 15.1. The maximum Gasteiger partial charge on any atom is 0.191 e. The summed E-state index contributed by atoms with van der Waals surface area (Å²) in [7, 11) is 3.93. The first kappa shape index (κ1) is 25.4. The summed E-state index contributed by atoms with van der Waals surface area (Å²) in [6.07, 6.45) is 3.26. The van der Waals surface area contributed by atoms with E-state index in [1.54, 1.807) is 7.11 Å². The topological polar surface area (TPSA) is 61.4 Å². The van der Waals surface area contributed by atoms with E-state index in [0.29, 0.717) is 19.8 Å². The summed E-state index contributed by atoms with van der Waals surface area (Å²) in [4.78, 5) is 9.80.